The predicted molar refractivity (Wildman–Crippen MR) is 98.9 cm³/mol. The van der Waals surface area contributed by atoms with Crippen molar-refractivity contribution in [1.82, 2.24) is 4.57 Å². The number of rotatable bonds is 7. The molecule has 0 aliphatic heterocycles. The Bertz CT molecular complexity index is 846. The van der Waals surface area contributed by atoms with Crippen molar-refractivity contribution in [3.63, 3.8) is 0 Å². The number of ketones is 1. The van der Waals surface area contributed by atoms with E-state index in [9.17, 15) is 9.59 Å². The Kier molecular flexibility index (Phi) is 5.16. The highest BCUT2D eigenvalue weighted by atomic mass is 16.5. The first-order valence-electron chi connectivity index (χ1n) is 9.04. The SMILES string of the molecule is CCOc1ccc(C(C)=O)cc1COC(=O)c1cc(C)n(C2CC2)c1C. The molecule has 2 aromatic rings. The number of nitrogens with zero attached hydrogens (tertiary/aromatic N) is 1. The van der Waals surface area contributed by atoms with Gasteiger partial charge in [0, 0.05) is 28.6 Å². The third-order valence-corrected chi connectivity index (χ3v) is 4.74. The highest BCUT2D eigenvalue weighted by molar-refractivity contribution is 5.94. The van der Waals surface area contributed by atoms with Gasteiger partial charge in [-0.2, -0.15) is 0 Å². The third-order valence-electron chi connectivity index (χ3n) is 4.74. The number of benzene rings is 1. The van der Waals surface area contributed by atoms with Gasteiger partial charge in [-0.05, 0) is 64.8 Å². The van der Waals surface area contributed by atoms with Crippen molar-refractivity contribution in [2.24, 2.45) is 0 Å². The van der Waals surface area contributed by atoms with E-state index in [-0.39, 0.29) is 18.4 Å². The first kappa shape index (κ1) is 18.2. The first-order valence-corrected chi connectivity index (χ1v) is 9.04. The monoisotopic (exact) mass is 355 g/mol. The zero-order chi connectivity index (χ0) is 18.8. The summed E-state index contributed by atoms with van der Waals surface area (Å²) in [5, 5.41) is 0. The van der Waals surface area contributed by atoms with E-state index in [0.29, 0.717) is 35.1 Å². The highest BCUT2D eigenvalue weighted by Gasteiger charge is 2.28. The van der Waals surface area contributed by atoms with E-state index in [0.717, 1.165) is 11.4 Å². The molecule has 1 aromatic heterocycles. The quantitative estimate of drug-likeness (QED) is 0.546. The lowest BCUT2D eigenvalue weighted by Gasteiger charge is -2.12. The lowest BCUT2D eigenvalue weighted by atomic mass is 10.1. The fourth-order valence-corrected chi connectivity index (χ4v) is 3.31. The molecule has 3 rings (SSSR count). The molecule has 1 aliphatic carbocycles. The predicted octanol–water partition coefficient (Wildman–Crippen LogP) is 4.40. The summed E-state index contributed by atoms with van der Waals surface area (Å²) in [5.74, 6) is 0.253. The van der Waals surface area contributed by atoms with Crippen LogP contribution in [0, 0.1) is 13.8 Å². The molecule has 0 N–H and O–H groups in total. The van der Waals surface area contributed by atoms with Gasteiger partial charge in [-0.25, -0.2) is 4.79 Å². The van der Waals surface area contributed by atoms with Gasteiger partial charge in [0.2, 0.25) is 0 Å². The van der Waals surface area contributed by atoms with Crippen molar-refractivity contribution in [2.75, 3.05) is 6.61 Å². The summed E-state index contributed by atoms with van der Waals surface area (Å²) in [6, 6.07) is 7.62. The fourth-order valence-electron chi connectivity index (χ4n) is 3.31. The second-order valence-corrected chi connectivity index (χ2v) is 6.77. The van der Waals surface area contributed by atoms with Crippen molar-refractivity contribution in [1.29, 1.82) is 0 Å². The molecule has 138 valence electrons. The molecule has 1 aliphatic rings. The van der Waals surface area contributed by atoms with E-state index >= 15 is 0 Å². The maximum atomic E-state index is 12.6. The van der Waals surface area contributed by atoms with Crippen molar-refractivity contribution in [3.8, 4) is 5.75 Å². The van der Waals surface area contributed by atoms with Crippen LogP contribution in [0.25, 0.3) is 0 Å². The molecule has 26 heavy (non-hydrogen) atoms. The number of carbonyl (C=O) groups is 2. The van der Waals surface area contributed by atoms with Gasteiger partial charge in [-0.1, -0.05) is 0 Å². The molecule has 0 atom stereocenters. The van der Waals surface area contributed by atoms with Crippen molar-refractivity contribution >= 4 is 11.8 Å². The maximum absolute atomic E-state index is 12.6. The lowest BCUT2D eigenvalue weighted by Crippen LogP contribution is -2.09. The summed E-state index contributed by atoms with van der Waals surface area (Å²) in [6.45, 7) is 7.96. The van der Waals surface area contributed by atoms with E-state index in [2.05, 4.69) is 4.57 Å². The minimum Gasteiger partial charge on any atom is -0.493 e. The summed E-state index contributed by atoms with van der Waals surface area (Å²) in [7, 11) is 0. The first-order chi connectivity index (χ1) is 12.4. The van der Waals surface area contributed by atoms with Crippen LogP contribution in [0.2, 0.25) is 0 Å². The topological polar surface area (TPSA) is 57.5 Å². The van der Waals surface area contributed by atoms with E-state index in [1.165, 1.54) is 19.8 Å². The van der Waals surface area contributed by atoms with Gasteiger partial charge >= 0.3 is 5.97 Å². The van der Waals surface area contributed by atoms with Crippen LogP contribution in [0.4, 0.5) is 0 Å². The number of ether oxygens (including phenoxy) is 2. The third kappa shape index (κ3) is 3.66. The minimum absolute atomic E-state index is 0.0337. The molecule has 0 radical (unpaired) electrons. The number of hydrogen-bond acceptors (Lipinski definition) is 4. The molecule has 5 nitrogen and oxygen atoms in total. The second-order valence-electron chi connectivity index (χ2n) is 6.77. The highest BCUT2D eigenvalue weighted by Crippen LogP contribution is 2.38. The average molecular weight is 355 g/mol. The summed E-state index contributed by atoms with van der Waals surface area (Å²) >= 11 is 0. The second kappa shape index (κ2) is 7.36. The Labute approximate surface area is 153 Å². The molecule has 0 bridgehead atoms. The summed E-state index contributed by atoms with van der Waals surface area (Å²) in [6.07, 6.45) is 2.33. The van der Waals surface area contributed by atoms with Gasteiger partial charge in [0.15, 0.2) is 5.78 Å². The van der Waals surface area contributed by atoms with Crippen LogP contribution in [-0.4, -0.2) is 22.9 Å². The van der Waals surface area contributed by atoms with Gasteiger partial charge in [-0.3, -0.25) is 4.79 Å². The largest absolute Gasteiger partial charge is 0.493 e. The Balaban J connectivity index is 1.78. The van der Waals surface area contributed by atoms with E-state index in [4.69, 9.17) is 9.47 Å². The van der Waals surface area contributed by atoms with Crippen molar-refractivity contribution in [3.05, 3.63) is 52.3 Å². The molecule has 0 saturated heterocycles. The van der Waals surface area contributed by atoms with Crippen molar-refractivity contribution < 1.29 is 19.1 Å². The summed E-state index contributed by atoms with van der Waals surface area (Å²) in [4.78, 5) is 24.2. The van der Waals surface area contributed by atoms with E-state index in [1.54, 1.807) is 18.2 Å². The molecule has 1 saturated carbocycles. The summed E-state index contributed by atoms with van der Waals surface area (Å²) < 4.78 is 13.4. The zero-order valence-electron chi connectivity index (χ0n) is 15.8. The maximum Gasteiger partial charge on any atom is 0.340 e. The van der Waals surface area contributed by atoms with Gasteiger partial charge in [-0.15, -0.1) is 0 Å². The zero-order valence-corrected chi connectivity index (χ0v) is 15.8. The Hall–Kier alpha value is -2.56. The van der Waals surface area contributed by atoms with Crippen LogP contribution >= 0.6 is 0 Å². The van der Waals surface area contributed by atoms with Crippen LogP contribution in [0.1, 0.15) is 70.4 Å². The Morgan fingerprint density at radius 1 is 1.19 bits per heavy atom. The Morgan fingerprint density at radius 2 is 1.92 bits per heavy atom. The fraction of sp³-hybridized carbons (Fsp3) is 0.429. The van der Waals surface area contributed by atoms with Gasteiger partial charge < -0.3 is 14.0 Å². The lowest BCUT2D eigenvalue weighted by molar-refractivity contribution is 0.0468. The van der Waals surface area contributed by atoms with E-state index < -0.39 is 0 Å². The number of aromatic nitrogens is 1. The molecule has 1 fully saturated rings. The molecule has 0 unspecified atom stereocenters. The van der Waals surface area contributed by atoms with Crippen LogP contribution in [0.5, 0.6) is 5.75 Å². The van der Waals surface area contributed by atoms with E-state index in [1.807, 2.05) is 26.8 Å². The molecule has 5 heteroatoms. The Morgan fingerprint density at radius 3 is 2.54 bits per heavy atom. The van der Waals surface area contributed by atoms with Crippen molar-refractivity contribution in [2.45, 2.75) is 53.2 Å². The van der Waals surface area contributed by atoms with Crippen LogP contribution in [-0.2, 0) is 11.3 Å². The van der Waals surface area contributed by atoms with Crippen LogP contribution in [0.3, 0.4) is 0 Å². The molecular formula is C21H25NO4. The van der Waals surface area contributed by atoms with Gasteiger partial charge in [0.05, 0.1) is 12.2 Å². The molecule has 1 heterocycles. The summed E-state index contributed by atoms with van der Waals surface area (Å²) in [5.41, 5.74) is 3.92. The number of Topliss-reactive ketones (excluding diaryl/α,β-unsaturated/α-hetero) is 1. The number of esters is 1. The van der Waals surface area contributed by atoms with Crippen LogP contribution < -0.4 is 4.74 Å². The molecule has 0 amide bonds. The number of hydrogen-bond donors (Lipinski definition) is 0. The van der Waals surface area contributed by atoms with Gasteiger partial charge in [0.1, 0.15) is 12.4 Å². The normalized spacial score (nSPS) is 13.5. The molecule has 0 spiro atoms. The molecular weight excluding hydrogens is 330 g/mol. The minimum atomic E-state index is -0.347. The average Bonchev–Trinajstić information content (AvgIpc) is 3.38. The smallest absolute Gasteiger partial charge is 0.340 e. The number of carbonyl (C=O) groups excluding carboxylic acids is 2. The molecule has 1 aromatic carbocycles. The van der Waals surface area contributed by atoms with Gasteiger partial charge in [0.25, 0.3) is 0 Å². The number of aryl methyl sites for hydroxylation is 1. The van der Waals surface area contributed by atoms with Crippen LogP contribution in [0.15, 0.2) is 24.3 Å². The standard InChI is InChI=1S/C21H25NO4/c1-5-25-20-9-6-16(15(4)23)11-17(20)12-26-21(24)19-10-13(2)22(14(19)3)18-7-8-18/h6,9-11,18H,5,7-8,12H2,1-4H3.